The summed E-state index contributed by atoms with van der Waals surface area (Å²) >= 11 is 0. The van der Waals surface area contributed by atoms with Crippen LogP contribution in [0.15, 0.2) is 22.2 Å². The summed E-state index contributed by atoms with van der Waals surface area (Å²) in [6.45, 7) is 2.72. The van der Waals surface area contributed by atoms with Crippen LogP contribution in [-0.4, -0.2) is 52.5 Å². The minimum absolute atomic E-state index is 0.0294. The van der Waals surface area contributed by atoms with E-state index in [2.05, 4.69) is 15.0 Å². The molecule has 2 N–H and O–H groups in total. The summed E-state index contributed by atoms with van der Waals surface area (Å²) in [6, 6.07) is 1.28. The van der Waals surface area contributed by atoms with E-state index in [1.165, 1.54) is 12.3 Å². The third kappa shape index (κ3) is 6.65. The minimum atomic E-state index is -2.05. The van der Waals surface area contributed by atoms with E-state index in [4.69, 9.17) is 25.5 Å². The molecule has 0 saturated carbocycles. The van der Waals surface area contributed by atoms with Gasteiger partial charge < -0.3 is 19.9 Å². The Labute approximate surface area is 189 Å². The molecular formula is C20H29FN6O6. The second kappa shape index (κ2) is 12.2. The highest BCUT2D eigenvalue weighted by atomic mass is 19.1. The molecule has 4 atom stereocenters. The third-order valence-corrected chi connectivity index (χ3v) is 5.17. The SMILES string of the molecule is CCCCC(=O)OC[C@@]1(CN=[N+]=[N-])OC(n2ccc(N)nc2=O)[C@H](F)[C@@H]1OC(=O)CCCC. The van der Waals surface area contributed by atoms with Gasteiger partial charge in [-0.3, -0.25) is 14.2 Å². The van der Waals surface area contributed by atoms with Gasteiger partial charge in [0, 0.05) is 24.0 Å². The van der Waals surface area contributed by atoms with E-state index in [9.17, 15) is 14.4 Å². The minimum Gasteiger partial charge on any atom is -0.462 e. The quantitative estimate of drug-likeness (QED) is 0.211. The molecule has 1 unspecified atom stereocenters. The van der Waals surface area contributed by atoms with E-state index < -0.39 is 54.9 Å². The Morgan fingerprint density at radius 3 is 2.61 bits per heavy atom. The molecule has 0 bridgehead atoms. The van der Waals surface area contributed by atoms with Crippen LogP contribution in [0.25, 0.3) is 10.4 Å². The zero-order valence-corrected chi connectivity index (χ0v) is 18.7. The third-order valence-electron chi connectivity index (χ3n) is 5.17. The van der Waals surface area contributed by atoms with Crippen LogP contribution < -0.4 is 11.4 Å². The van der Waals surface area contributed by atoms with Gasteiger partial charge in [0.25, 0.3) is 0 Å². The van der Waals surface area contributed by atoms with Crippen LogP contribution in [0.1, 0.15) is 58.6 Å². The fraction of sp³-hybridized carbons (Fsp3) is 0.700. The van der Waals surface area contributed by atoms with Crippen LogP contribution in [0, 0.1) is 0 Å². The van der Waals surface area contributed by atoms with Crippen molar-refractivity contribution in [3.63, 3.8) is 0 Å². The number of hydrogen-bond donors (Lipinski definition) is 1. The summed E-state index contributed by atoms with van der Waals surface area (Å²) < 4.78 is 33.0. The lowest BCUT2D eigenvalue weighted by molar-refractivity contribution is -0.176. The number of anilines is 1. The van der Waals surface area contributed by atoms with Crippen molar-refractivity contribution >= 4 is 17.8 Å². The monoisotopic (exact) mass is 468 g/mol. The molecule has 182 valence electrons. The Balaban J connectivity index is 2.42. The number of carbonyl (C=O) groups excluding carboxylic acids is 2. The van der Waals surface area contributed by atoms with Gasteiger partial charge >= 0.3 is 17.6 Å². The van der Waals surface area contributed by atoms with Crippen molar-refractivity contribution in [3.8, 4) is 0 Å². The number of nitrogen functional groups attached to an aromatic ring is 1. The Bertz CT molecular complexity index is 936. The number of unbranched alkanes of at least 4 members (excludes halogenated alkanes) is 2. The molecule has 1 saturated heterocycles. The van der Waals surface area contributed by atoms with Crippen molar-refractivity contribution in [1.82, 2.24) is 9.55 Å². The predicted molar refractivity (Wildman–Crippen MR) is 115 cm³/mol. The second-order valence-corrected chi connectivity index (χ2v) is 7.73. The van der Waals surface area contributed by atoms with Crippen LogP contribution in [0.4, 0.5) is 10.2 Å². The van der Waals surface area contributed by atoms with Crippen molar-refractivity contribution in [1.29, 1.82) is 0 Å². The summed E-state index contributed by atoms with van der Waals surface area (Å²) in [4.78, 5) is 43.0. The Kier molecular flexibility index (Phi) is 9.61. The first-order valence-electron chi connectivity index (χ1n) is 10.8. The molecular weight excluding hydrogens is 439 g/mol. The van der Waals surface area contributed by atoms with Gasteiger partial charge in [-0.2, -0.15) is 4.98 Å². The van der Waals surface area contributed by atoms with E-state index in [0.29, 0.717) is 19.3 Å². The van der Waals surface area contributed by atoms with Gasteiger partial charge in [0.05, 0.1) is 6.54 Å². The summed E-state index contributed by atoms with van der Waals surface area (Å²) in [7, 11) is 0. The zero-order valence-electron chi connectivity index (χ0n) is 18.7. The van der Waals surface area contributed by atoms with Gasteiger partial charge in [0.15, 0.2) is 24.1 Å². The maximum atomic E-state index is 15.7. The summed E-state index contributed by atoms with van der Waals surface area (Å²) in [5, 5.41) is 3.47. The number of rotatable bonds is 12. The molecule has 1 aromatic heterocycles. The highest BCUT2D eigenvalue weighted by Gasteiger charge is 2.59. The van der Waals surface area contributed by atoms with Gasteiger partial charge in [0.2, 0.25) is 0 Å². The standard InChI is InChI=1S/C20H29FN6O6/c1-3-5-7-14(28)31-12-20(11-24-26-23)17(32-15(29)8-6-4-2)16(21)18(33-20)27-10-9-13(22)25-19(27)30/h9-10,16-18H,3-8,11-12H2,1-2H3,(H2,22,25,30)/t16-,17+,18?,20-/m1/s1. The Morgan fingerprint density at radius 1 is 1.33 bits per heavy atom. The highest BCUT2D eigenvalue weighted by molar-refractivity contribution is 5.70. The first-order chi connectivity index (χ1) is 15.8. The van der Waals surface area contributed by atoms with Gasteiger partial charge in [-0.25, -0.2) is 9.18 Å². The number of aromatic nitrogens is 2. The molecule has 1 fully saturated rings. The van der Waals surface area contributed by atoms with Crippen molar-refractivity contribution in [3.05, 3.63) is 33.2 Å². The first-order valence-corrected chi connectivity index (χ1v) is 10.8. The molecule has 0 aromatic carbocycles. The highest BCUT2D eigenvalue weighted by Crippen LogP contribution is 2.41. The number of ether oxygens (including phenoxy) is 3. The lowest BCUT2D eigenvalue weighted by atomic mass is 9.96. The number of hydrogen-bond acceptors (Lipinski definition) is 9. The van der Waals surface area contributed by atoms with E-state index in [-0.39, 0.29) is 18.7 Å². The van der Waals surface area contributed by atoms with E-state index in [0.717, 1.165) is 11.0 Å². The number of nitrogens with zero attached hydrogens (tertiary/aromatic N) is 5. The summed E-state index contributed by atoms with van der Waals surface area (Å²) in [6.07, 6.45) is -1.34. The number of halogens is 1. The molecule has 0 aliphatic carbocycles. The molecule has 2 heterocycles. The van der Waals surface area contributed by atoms with E-state index >= 15 is 4.39 Å². The van der Waals surface area contributed by atoms with Crippen molar-refractivity contribution in [2.75, 3.05) is 18.9 Å². The molecule has 1 aliphatic heterocycles. The molecule has 1 aliphatic rings. The lowest BCUT2D eigenvalue weighted by Gasteiger charge is -2.32. The van der Waals surface area contributed by atoms with Crippen LogP contribution in [0.3, 0.4) is 0 Å². The molecule has 2 rings (SSSR count). The predicted octanol–water partition coefficient (Wildman–Crippen LogP) is 2.58. The van der Waals surface area contributed by atoms with E-state index in [1.54, 1.807) is 0 Å². The molecule has 1 aromatic rings. The maximum Gasteiger partial charge on any atom is 0.351 e. The van der Waals surface area contributed by atoms with Crippen LogP contribution in [0.5, 0.6) is 0 Å². The van der Waals surface area contributed by atoms with Crippen molar-refractivity contribution < 1.29 is 28.2 Å². The molecule has 0 spiro atoms. The Hall–Kier alpha value is -3.18. The molecule has 0 amide bonds. The van der Waals surface area contributed by atoms with Gasteiger partial charge in [-0.15, -0.1) is 0 Å². The summed E-state index contributed by atoms with van der Waals surface area (Å²) in [5.74, 6) is -1.33. The van der Waals surface area contributed by atoms with Crippen LogP contribution in [0.2, 0.25) is 0 Å². The van der Waals surface area contributed by atoms with Crippen LogP contribution in [-0.2, 0) is 23.8 Å². The van der Waals surface area contributed by atoms with Gasteiger partial charge in [-0.1, -0.05) is 31.8 Å². The molecule has 13 heteroatoms. The smallest absolute Gasteiger partial charge is 0.351 e. The fourth-order valence-corrected chi connectivity index (χ4v) is 3.37. The van der Waals surface area contributed by atoms with Crippen LogP contribution >= 0.6 is 0 Å². The Morgan fingerprint density at radius 2 is 2.00 bits per heavy atom. The normalized spacial score (nSPS) is 24.2. The van der Waals surface area contributed by atoms with Gasteiger partial charge in [0.1, 0.15) is 12.4 Å². The largest absolute Gasteiger partial charge is 0.462 e. The lowest BCUT2D eigenvalue weighted by Crippen LogP contribution is -2.51. The van der Waals surface area contributed by atoms with E-state index in [1.807, 2.05) is 13.8 Å². The number of esters is 2. The number of carbonyl (C=O) groups is 2. The average molecular weight is 468 g/mol. The molecule has 0 radical (unpaired) electrons. The first kappa shape index (κ1) is 26.1. The summed E-state index contributed by atoms with van der Waals surface area (Å²) in [5.41, 5.74) is 11.6. The fourth-order valence-electron chi connectivity index (χ4n) is 3.37. The number of nitrogens with two attached hydrogens (primary N) is 1. The topological polar surface area (TPSA) is 171 Å². The second-order valence-electron chi connectivity index (χ2n) is 7.73. The molecule has 33 heavy (non-hydrogen) atoms. The van der Waals surface area contributed by atoms with Gasteiger partial charge in [-0.05, 0) is 24.4 Å². The number of azide groups is 1. The molecule has 12 nitrogen and oxygen atoms in total. The number of alkyl halides is 1. The average Bonchev–Trinajstić information content (AvgIpc) is 3.05. The maximum absolute atomic E-state index is 15.7. The zero-order chi connectivity index (χ0) is 24.4. The van der Waals surface area contributed by atoms with Crippen molar-refractivity contribution in [2.45, 2.75) is 76.5 Å². The van der Waals surface area contributed by atoms with Crippen molar-refractivity contribution in [2.24, 2.45) is 5.11 Å².